The summed E-state index contributed by atoms with van der Waals surface area (Å²) in [6.45, 7) is -0.784. The van der Waals surface area contributed by atoms with Crippen molar-refractivity contribution in [3.63, 3.8) is 0 Å². The molecule has 12 heteroatoms. The highest BCUT2D eigenvalue weighted by atomic mass is 32.1. The minimum Gasteiger partial charge on any atom is -0.394 e. The molecule has 7 N–H and O–H groups in total. The highest BCUT2D eigenvalue weighted by Crippen LogP contribution is 2.25. The molecule has 0 aromatic heterocycles. The lowest BCUT2D eigenvalue weighted by molar-refractivity contribution is -0.331. The van der Waals surface area contributed by atoms with Crippen LogP contribution >= 0.6 is 12.6 Å². The third kappa shape index (κ3) is 5.50. The standard InChI is InChI=1S/C15H28O11S/c16-4-6-8(17)10(19)13(22)15(25-6)24-5-7-9(18)11(20)12(21)14(26-7)23-2-1-3-27/h6-22,27H,1-5H2/t6-,7-,8+,9+,10+,11+,12-,13-,14-,15+/m1/s1. The van der Waals surface area contributed by atoms with Crippen molar-refractivity contribution in [2.24, 2.45) is 0 Å². The van der Waals surface area contributed by atoms with E-state index in [1.807, 2.05) is 0 Å². The van der Waals surface area contributed by atoms with Crippen molar-refractivity contribution in [2.45, 2.75) is 67.8 Å². The lowest BCUT2D eigenvalue weighted by Gasteiger charge is -2.42. The van der Waals surface area contributed by atoms with Gasteiger partial charge in [0.25, 0.3) is 0 Å². The monoisotopic (exact) mass is 416 g/mol. The van der Waals surface area contributed by atoms with E-state index in [4.69, 9.17) is 24.1 Å². The smallest absolute Gasteiger partial charge is 0.186 e. The number of hydrogen-bond acceptors (Lipinski definition) is 12. The Hall–Kier alpha value is -0.0900. The van der Waals surface area contributed by atoms with E-state index in [2.05, 4.69) is 12.6 Å². The Bertz CT molecular complexity index is 442. The SMILES string of the molecule is OC[C@H]1O[C@H](OC[C@H]2O[C@@H](OCCCS)[C@H](O)[C@@H](O)[C@H]2O)[C@H](O)[C@@H](O)[C@H]1O. The van der Waals surface area contributed by atoms with Crippen LogP contribution in [-0.2, 0) is 18.9 Å². The molecule has 2 rings (SSSR count). The molecule has 0 spiro atoms. The minimum atomic E-state index is -1.61. The predicted octanol–water partition coefficient (Wildman–Crippen LogP) is -4.05. The Morgan fingerprint density at radius 2 is 1.22 bits per heavy atom. The molecular weight excluding hydrogens is 388 g/mol. The van der Waals surface area contributed by atoms with E-state index in [9.17, 15) is 30.6 Å². The molecule has 27 heavy (non-hydrogen) atoms. The van der Waals surface area contributed by atoms with E-state index in [1.54, 1.807) is 0 Å². The van der Waals surface area contributed by atoms with Gasteiger partial charge < -0.3 is 54.7 Å². The fourth-order valence-electron chi connectivity index (χ4n) is 2.85. The quantitative estimate of drug-likeness (QED) is 0.143. The molecule has 2 aliphatic rings. The van der Waals surface area contributed by atoms with Gasteiger partial charge in [0.05, 0.1) is 19.8 Å². The maximum atomic E-state index is 10.1. The zero-order valence-corrected chi connectivity index (χ0v) is 15.4. The first kappa shape index (κ1) is 23.2. The first-order valence-corrected chi connectivity index (χ1v) is 9.29. The lowest BCUT2D eigenvalue weighted by Crippen LogP contribution is -2.61. The fourth-order valence-corrected chi connectivity index (χ4v) is 2.98. The second-order valence-corrected chi connectivity index (χ2v) is 6.94. The van der Waals surface area contributed by atoms with E-state index < -0.39 is 68.0 Å². The number of thiol groups is 1. The van der Waals surface area contributed by atoms with Crippen molar-refractivity contribution in [2.75, 3.05) is 25.6 Å². The fraction of sp³-hybridized carbons (Fsp3) is 1.00. The Morgan fingerprint density at radius 1 is 0.704 bits per heavy atom. The molecule has 11 nitrogen and oxygen atoms in total. The molecule has 0 radical (unpaired) electrons. The van der Waals surface area contributed by atoms with Crippen LogP contribution in [0.1, 0.15) is 6.42 Å². The lowest BCUT2D eigenvalue weighted by atomic mass is 9.98. The van der Waals surface area contributed by atoms with Crippen molar-refractivity contribution in [3.8, 4) is 0 Å². The predicted molar refractivity (Wildman–Crippen MR) is 90.8 cm³/mol. The van der Waals surface area contributed by atoms with E-state index in [0.717, 1.165) is 0 Å². The van der Waals surface area contributed by atoms with Gasteiger partial charge in [0, 0.05) is 0 Å². The van der Waals surface area contributed by atoms with Gasteiger partial charge in [-0.1, -0.05) is 0 Å². The second-order valence-electron chi connectivity index (χ2n) is 6.49. The summed E-state index contributed by atoms with van der Waals surface area (Å²) in [5, 5.41) is 68.6. The molecular formula is C15H28O11S. The summed E-state index contributed by atoms with van der Waals surface area (Å²) >= 11 is 4.03. The minimum absolute atomic E-state index is 0.217. The Kier molecular flexibility index (Phi) is 9.12. The van der Waals surface area contributed by atoms with Crippen LogP contribution in [0.15, 0.2) is 0 Å². The summed E-state index contributed by atoms with van der Waals surface area (Å²) in [6, 6.07) is 0. The van der Waals surface area contributed by atoms with Crippen LogP contribution in [0.4, 0.5) is 0 Å². The molecule has 0 aliphatic carbocycles. The van der Waals surface area contributed by atoms with Crippen molar-refractivity contribution >= 4 is 12.6 Å². The van der Waals surface area contributed by atoms with Crippen molar-refractivity contribution in [1.82, 2.24) is 0 Å². The summed E-state index contributed by atoms with van der Waals surface area (Å²) in [6.07, 6.45) is -13.6. The van der Waals surface area contributed by atoms with Gasteiger partial charge in [0.1, 0.15) is 48.8 Å². The van der Waals surface area contributed by atoms with Crippen LogP contribution in [0.2, 0.25) is 0 Å². The van der Waals surface area contributed by atoms with Crippen molar-refractivity contribution in [1.29, 1.82) is 0 Å². The molecule has 0 aromatic rings. The first-order chi connectivity index (χ1) is 12.8. The molecule has 0 bridgehead atoms. The third-order valence-corrected chi connectivity index (χ3v) is 4.84. The van der Waals surface area contributed by atoms with E-state index in [0.29, 0.717) is 12.2 Å². The molecule has 2 saturated heterocycles. The molecule has 10 atom stereocenters. The van der Waals surface area contributed by atoms with E-state index in [1.165, 1.54) is 0 Å². The maximum Gasteiger partial charge on any atom is 0.186 e. The van der Waals surface area contributed by atoms with Crippen molar-refractivity contribution < 1.29 is 54.7 Å². The highest BCUT2D eigenvalue weighted by Gasteiger charge is 2.47. The summed E-state index contributed by atoms with van der Waals surface area (Å²) in [4.78, 5) is 0. The van der Waals surface area contributed by atoms with Crippen molar-refractivity contribution in [3.05, 3.63) is 0 Å². The Balaban J connectivity index is 1.94. The second kappa shape index (κ2) is 10.6. The van der Waals surface area contributed by atoms with Gasteiger partial charge >= 0.3 is 0 Å². The van der Waals surface area contributed by atoms with Crippen LogP contribution < -0.4 is 0 Å². The van der Waals surface area contributed by atoms with E-state index in [-0.39, 0.29) is 13.2 Å². The van der Waals surface area contributed by atoms with Gasteiger partial charge in [-0.25, -0.2) is 0 Å². The molecule has 0 unspecified atom stereocenters. The summed E-state index contributed by atoms with van der Waals surface area (Å²) in [7, 11) is 0. The van der Waals surface area contributed by atoms with Crippen LogP contribution in [0.25, 0.3) is 0 Å². The summed E-state index contributed by atoms with van der Waals surface area (Å²) in [5.41, 5.74) is 0. The zero-order valence-electron chi connectivity index (χ0n) is 14.5. The molecule has 0 saturated carbocycles. The highest BCUT2D eigenvalue weighted by molar-refractivity contribution is 7.80. The first-order valence-electron chi connectivity index (χ1n) is 8.66. The topological polar surface area (TPSA) is 179 Å². The average Bonchev–Trinajstić information content (AvgIpc) is 2.66. The number of hydrogen-bond donors (Lipinski definition) is 8. The Labute approximate surface area is 161 Å². The van der Waals surface area contributed by atoms with Gasteiger partial charge in [-0.2, -0.15) is 12.6 Å². The van der Waals surface area contributed by atoms with Gasteiger partial charge in [-0.15, -0.1) is 0 Å². The van der Waals surface area contributed by atoms with Gasteiger partial charge in [0.15, 0.2) is 12.6 Å². The molecule has 2 heterocycles. The third-order valence-electron chi connectivity index (χ3n) is 4.53. The molecule has 2 fully saturated rings. The van der Waals surface area contributed by atoms with E-state index >= 15 is 0 Å². The number of aliphatic hydroxyl groups excluding tert-OH is 7. The van der Waals surface area contributed by atoms with Crippen LogP contribution in [0.3, 0.4) is 0 Å². The summed E-state index contributed by atoms with van der Waals surface area (Å²) < 4.78 is 21.3. The molecule has 160 valence electrons. The zero-order chi connectivity index (χ0) is 20.1. The molecule has 0 aromatic carbocycles. The Morgan fingerprint density at radius 3 is 1.78 bits per heavy atom. The number of rotatable bonds is 8. The van der Waals surface area contributed by atoms with Gasteiger partial charge in [0.2, 0.25) is 0 Å². The number of ether oxygens (including phenoxy) is 4. The molecule has 2 aliphatic heterocycles. The normalized spacial score (nSPS) is 45.8. The van der Waals surface area contributed by atoms with Crippen LogP contribution in [0.5, 0.6) is 0 Å². The van der Waals surface area contributed by atoms with Crippen LogP contribution in [0, 0.1) is 0 Å². The van der Waals surface area contributed by atoms with Gasteiger partial charge in [-0.05, 0) is 12.2 Å². The number of aliphatic hydroxyl groups is 7. The van der Waals surface area contributed by atoms with Crippen LogP contribution in [-0.4, -0.2) is 123 Å². The largest absolute Gasteiger partial charge is 0.394 e. The average molecular weight is 416 g/mol. The summed E-state index contributed by atoms with van der Waals surface area (Å²) in [5.74, 6) is 0.553. The maximum absolute atomic E-state index is 10.1. The molecule has 0 amide bonds. The van der Waals surface area contributed by atoms with Gasteiger partial charge in [-0.3, -0.25) is 0 Å².